The summed E-state index contributed by atoms with van der Waals surface area (Å²) in [5.41, 5.74) is 0.0202. The second-order valence-corrected chi connectivity index (χ2v) is 5.10. The third kappa shape index (κ3) is 3.74. The number of hydrogen-bond donors (Lipinski definition) is 1. The molecule has 1 aromatic rings. The van der Waals surface area contributed by atoms with Crippen LogP contribution in [-0.2, 0) is 10.7 Å². The molecule has 1 aliphatic carbocycles. The number of rotatable bonds is 5. The topological polar surface area (TPSA) is 21.3 Å². The molecule has 1 N–H and O–H groups in total. The van der Waals surface area contributed by atoms with E-state index in [2.05, 4.69) is 5.32 Å². The standard InChI is InChI=1S/C15H21F2NO/c1-18-13-9-5-6-10-14(13)19-11-15(16,17)12-7-3-2-4-8-12/h2-4,7-8,13-14,18H,5-6,9-11H2,1H3. The fraction of sp³-hybridized carbons (Fsp3) is 0.600. The predicted molar refractivity (Wildman–Crippen MR) is 71.4 cm³/mol. The Morgan fingerprint density at radius 3 is 2.58 bits per heavy atom. The highest BCUT2D eigenvalue weighted by atomic mass is 19.3. The first kappa shape index (κ1) is 14.4. The maximum absolute atomic E-state index is 14.0. The zero-order valence-corrected chi connectivity index (χ0v) is 11.2. The molecule has 2 rings (SSSR count). The van der Waals surface area contributed by atoms with Gasteiger partial charge in [0.2, 0.25) is 0 Å². The number of nitrogens with one attached hydrogen (secondary N) is 1. The summed E-state index contributed by atoms with van der Waals surface area (Å²) in [5, 5.41) is 3.16. The molecule has 0 heterocycles. The molecule has 1 aliphatic rings. The lowest BCUT2D eigenvalue weighted by atomic mass is 9.92. The zero-order chi connectivity index (χ0) is 13.7. The van der Waals surface area contributed by atoms with Crippen LogP contribution in [0.4, 0.5) is 8.78 Å². The summed E-state index contributed by atoms with van der Waals surface area (Å²) in [6, 6.07) is 8.07. The molecule has 0 saturated heterocycles. The minimum atomic E-state index is -2.92. The number of hydrogen-bond acceptors (Lipinski definition) is 2. The molecule has 0 spiro atoms. The van der Waals surface area contributed by atoms with Crippen LogP contribution in [0.1, 0.15) is 31.2 Å². The van der Waals surface area contributed by atoms with Gasteiger partial charge in [-0.2, -0.15) is 8.78 Å². The highest BCUT2D eigenvalue weighted by molar-refractivity contribution is 5.19. The lowest BCUT2D eigenvalue weighted by molar-refractivity contribution is -0.116. The number of likely N-dealkylation sites (N-methyl/N-ethyl adjacent to an activating group) is 1. The summed E-state index contributed by atoms with van der Waals surface area (Å²) in [5.74, 6) is -2.92. The van der Waals surface area contributed by atoms with Crippen LogP contribution in [-0.4, -0.2) is 25.8 Å². The second kappa shape index (κ2) is 6.44. The summed E-state index contributed by atoms with van der Waals surface area (Å²) >= 11 is 0. The molecule has 0 amide bonds. The molecule has 1 saturated carbocycles. The second-order valence-electron chi connectivity index (χ2n) is 5.10. The van der Waals surface area contributed by atoms with Crippen LogP contribution in [0.3, 0.4) is 0 Å². The Balaban J connectivity index is 1.93. The fourth-order valence-electron chi connectivity index (χ4n) is 2.60. The highest BCUT2D eigenvalue weighted by Crippen LogP contribution is 2.30. The molecule has 0 radical (unpaired) electrons. The van der Waals surface area contributed by atoms with E-state index in [1.165, 1.54) is 12.1 Å². The Morgan fingerprint density at radius 2 is 1.89 bits per heavy atom. The first-order valence-corrected chi connectivity index (χ1v) is 6.86. The maximum atomic E-state index is 14.0. The summed E-state index contributed by atoms with van der Waals surface area (Å²) < 4.78 is 33.5. The maximum Gasteiger partial charge on any atom is 0.296 e. The van der Waals surface area contributed by atoms with Gasteiger partial charge in [-0.15, -0.1) is 0 Å². The Hall–Kier alpha value is -1.00. The van der Waals surface area contributed by atoms with E-state index in [1.54, 1.807) is 18.2 Å². The average molecular weight is 269 g/mol. The van der Waals surface area contributed by atoms with Crippen molar-refractivity contribution >= 4 is 0 Å². The van der Waals surface area contributed by atoms with E-state index in [4.69, 9.17) is 4.74 Å². The first-order valence-electron chi connectivity index (χ1n) is 6.86. The number of benzene rings is 1. The van der Waals surface area contributed by atoms with Gasteiger partial charge < -0.3 is 10.1 Å². The normalized spacial score (nSPS) is 24.4. The largest absolute Gasteiger partial charge is 0.370 e. The van der Waals surface area contributed by atoms with Crippen molar-refractivity contribution in [1.82, 2.24) is 5.32 Å². The molecule has 2 unspecified atom stereocenters. The van der Waals surface area contributed by atoms with E-state index in [9.17, 15) is 8.78 Å². The quantitative estimate of drug-likeness (QED) is 0.885. The lowest BCUT2D eigenvalue weighted by Crippen LogP contribution is -2.43. The van der Waals surface area contributed by atoms with E-state index < -0.39 is 12.5 Å². The molecule has 2 nitrogen and oxygen atoms in total. The van der Waals surface area contributed by atoms with Crippen LogP contribution >= 0.6 is 0 Å². The number of alkyl halides is 2. The summed E-state index contributed by atoms with van der Waals surface area (Å²) in [6.07, 6.45) is 3.95. The van der Waals surface area contributed by atoms with Gasteiger partial charge in [0.25, 0.3) is 5.92 Å². The van der Waals surface area contributed by atoms with Crippen LogP contribution in [0.25, 0.3) is 0 Å². The SMILES string of the molecule is CNC1CCCCC1OCC(F)(F)c1ccccc1. The molecule has 106 valence electrons. The summed E-state index contributed by atoms with van der Waals surface area (Å²) in [4.78, 5) is 0. The molecular weight excluding hydrogens is 248 g/mol. The van der Waals surface area contributed by atoms with Crippen molar-refractivity contribution in [2.75, 3.05) is 13.7 Å². The van der Waals surface area contributed by atoms with Crippen molar-refractivity contribution < 1.29 is 13.5 Å². The molecule has 4 heteroatoms. The number of halogens is 2. The van der Waals surface area contributed by atoms with Gasteiger partial charge in [-0.25, -0.2) is 0 Å². The molecule has 0 aliphatic heterocycles. The van der Waals surface area contributed by atoms with Crippen molar-refractivity contribution in [3.63, 3.8) is 0 Å². The van der Waals surface area contributed by atoms with Gasteiger partial charge in [-0.05, 0) is 19.9 Å². The van der Waals surface area contributed by atoms with E-state index in [0.29, 0.717) is 0 Å². The Labute approximate surface area is 113 Å². The smallest absolute Gasteiger partial charge is 0.296 e. The average Bonchev–Trinajstić information content (AvgIpc) is 2.46. The first-order chi connectivity index (χ1) is 9.13. The van der Waals surface area contributed by atoms with Gasteiger partial charge >= 0.3 is 0 Å². The molecule has 19 heavy (non-hydrogen) atoms. The van der Waals surface area contributed by atoms with Gasteiger partial charge in [-0.1, -0.05) is 43.2 Å². The third-order valence-electron chi connectivity index (χ3n) is 3.75. The van der Waals surface area contributed by atoms with Crippen LogP contribution < -0.4 is 5.32 Å². The zero-order valence-electron chi connectivity index (χ0n) is 11.2. The molecule has 0 bridgehead atoms. The predicted octanol–water partition coefficient (Wildman–Crippen LogP) is 3.33. The molecule has 0 aromatic heterocycles. The third-order valence-corrected chi connectivity index (χ3v) is 3.75. The Morgan fingerprint density at radius 1 is 1.21 bits per heavy atom. The lowest BCUT2D eigenvalue weighted by Gasteiger charge is -2.32. The van der Waals surface area contributed by atoms with Crippen molar-refractivity contribution in [1.29, 1.82) is 0 Å². The molecule has 2 atom stereocenters. The van der Waals surface area contributed by atoms with Crippen molar-refractivity contribution in [2.24, 2.45) is 0 Å². The van der Waals surface area contributed by atoms with Gasteiger partial charge in [0.1, 0.15) is 6.61 Å². The summed E-state index contributed by atoms with van der Waals surface area (Å²) in [7, 11) is 1.86. The van der Waals surface area contributed by atoms with Gasteiger partial charge in [0.15, 0.2) is 0 Å². The molecule has 1 fully saturated rings. The van der Waals surface area contributed by atoms with Gasteiger partial charge in [0.05, 0.1) is 6.10 Å². The van der Waals surface area contributed by atoms with Crippen molar-refractivity contribution in [3.05, 3.63) is 35.9 Å². The van der Waals surface area contributed by atoms with Crippen molar-refractivity contribution in [2.45, 2.75) is 43.8 Å². The fourth-order valence-corrected chi connectivity index (χ4v) is 2.60. The van der Waals surface area contributed by atoms with Gasteiger partial charge in [-0.3, -0.25) is 0 Å². The van der Waals surface area contributed by atoms with Gasteiger partial charge in [0, 0.05) is 11.6 Å². The van der Waals surface area contributed by atoms with Crippen LogP contribution in [0.5, 0.6) is 0 Å². The molecular formula is C15H21F2NO. The van der Waals surface area contributed by atoms with E-state index in [-0.39, 0.29) is 17.7 Å². The monoisotopic (exact) mass is 269 g/mol. The minimum absolute atomic E-state index is 0.0202. The van der Waals surface area contributed by atoms with E-state index >= 15 is 0 Å². The van der Waals surface area contributed by atoms with Crippen LogP contribution in [0, 0.1) is 0 Å². The number of ether oxygens (including phenoxy) is 1. The van der Waals surface area contributed by atoms with Crippen molar-refractivity contribution in [3.8, 4) is 0 Å². The van der Waals surface area contributed by atoms with E-state index in [0.717, 1.165) is 25.7 Å². The van der Waals surface area contributed by atoms with E-state index in [1.807, 2.05) is 7.05 Å². The highest BCUT2D eigenvalue weighted by Gasteiger charge is 2.34. The van der Waals surface area contributed by atoms with Crippen LogP contribution in [0.2, 0.25) is 0 Å². The molecule has 1 aromatic carbocycles. The Kier molecular flexibility index (Phi) is 4.88. The van der Waals surface area contributed by atoms with Crippen LogP contribution in [0.15, 0.2) is 30.3 Å². The Bertz CT molecular complexity index is 383. The minimum Gasteiger partial charge on any atom is -0.370 e. The summed E-state index contributed by atoms with van der Waals surface area (Å²) in [6.45, 7) is -0.542.